The number of halogens is 1. The van der Waals surface area contributed by atoms with E-state index in [9.17, 15) is 8.42 Å². The molecule has 3 rings (SSSR count). The van der Waals surface area contributed by atoms with Crippen LogP contribution in [0.2, 0.25) is 0 Å². The summed E-state index contributed by atoms with van der Waals surface area (Å²) < 4.78 is 33.5. The van der Waals surface area contributed by atoms with E-state index < -0.39 is 10.0 Å². The minimum Gasteiger partial charge on any atom is -0.496 e. The highest BCUT2D eigenvalue weighted by atomic mass is 79.9. The first-order chi connectivity index (χ1) is 12.4. The zero-order valence-corrected chi connectivity index (χ0v) is 17.2. The Kier molecular flexibility index (Phi) is 5.74. The molecule has 1 heterocycles. The van der Waals surface area contributed by atoms with Gasteiger partial charge in [0, 0.05) is 37.6 Å². The molecular formula is C18H22BrN3O3S. The highest BCUT2D eigenvalue weighted by molar-refractivity contribution is 9.10. The molecule has 1 fully saturated rings. The van der Waals surface area contributed by atoms with Crippen LogP contribution in [0.15, 0.2) is 51.8 Å². The van der Waals surface area contributed by atoms with Gasteiger partial charge in [-0.25, -0.2) is 8.42 Å². The highest BCUT2D eigenvalue weighted by Crippen LogP contribution is 2.28. The molecule has 1 aliphatic rings. The second-order valence-corrected chi connectivity index (χ2v) is 8.78. The standard InChI is InChI=1S/C18H22BrN3O3S/c1-21-9-11-22(12-10-21)15-5-3-14(4-6-15)20-26(23,24)16-7-8-18(25-2)17(19)13-16/h3-8,13,20H,9-12H2,1-2H3. The Morgan fingerprint density at radius 3 is 2.27 bits per heavy atom. The Morgan fingerprint density at radius 2 is 1.69 bits per heavy atom. The molecule has 0 unspecified atom stereocenters. The quantitative estimate of drug-likeness (QED) is 0.775. The number of ether oxygens (including phenoxy) is 1. The van der Waals surface area contributed by atoms with Crippen LogP contribution in [0.25, 0.3) is 0 Å². The Morgan fingerprint density at radius 1 is 1.04 bits per heavy atom. The average molecular weight is 440 g/mol. The van der Waals surface area contributed by atoms with Gasteiger partial charge in [-0.1, -0.05) is 0 Å². The van der Waals surface area contributed by atoms with Gasteiger partial charge in [-0.05, 0) is 65.4 Å². The third kappa shape index (κ3) is 4.31. The second-order valence-electron chi connectivity index (χ2n) is 6.24. The Bertz CT molecular complexity index is 864. The molecule has 0 bridgehead atoms. The van der Waals surface area contributed by atoms with Crippen molar-refractivity contribution in [3.8, 4) is 5.75 Å². The van der Waals surface area contributed by atoms with E-state index in [4.69, 9.17) is 4.74 Å². The summed E-state index contributed by atoms with van der Waals surface area (Å²) in [6.07, 6.45) is 0. The van der Waals surface area contributed by atoms with E-state index in [0.29, 0.717) is 15.9 Å². The molecule has 1 saturated heterocycles. The maximum absolute atomic E-state index is 12.6. The number of benzene rings is 2. The van der Waals surface area contributed by atoms with Gasteiger partial charge in [-0.2, -0.15) is 0 Å². The summed E-state index contributed by atoms with van der Waals surface area (Å²) in [6, 6.07) is 12.2. The number of sulfonamides is 1. The van der Waals surface area contributed by atoms with Crippen LogP contribution < -0.4 is 14.4 Å². The van der Waals surface area contributed by atoms with Gasteiger partial charge in [-0.3, -0.25) is 4.72 Å². The molecule has 0 spiro atoms. The summed E-state index contributed by atoms with van der Waals surface area (Å²) in [6.45, 7) is 4.00. The zero-order valence-electron chi connectivity index (χ0n) is 14.8. The van der Waals surface area contributed by atoms with Crippen molar-refractivity contribution in [1.82, 2.24) is 4.90 Å². The van der Waals surface area contributed by atoms with Gasteiger partial charge in [-0.15, -0.1) is 0 Å². The fourth-order valence-corrected chi connectivity index (χ4v) is 4.61. The van der Waals surface area contributed by atoms with Crippen LogP contribution in [0, 0.1) is 0 Å². The van der Waals surface area contributed by atoms with Crippen LogP contribution in [0.3, 0.4) is 0 Å². The van der Waals surface area contributed by atoms with Crippen LogP contribution in [-0.2, 0) is 10.0 Å². The molecule has 26 heavy (non-hydrogen) atoms. The molecule has 2 aromatic rings. The average Bonchev–Trinajstić information content (AvgIpc) is 2.63. The smallest absolute Gasteiger partial charge is 0.261 e. The highest BCUT2D eigenvalue weighted by Gasteiger charge is 2.17. The second kappa shape index (κ2) is 7.85. The SMILES string of the molecule is COc1ccc(S(=O)(=O)Nc2ccc(N3CCN(C)CC3)cc2)cc1Br. The number of nitrogens with one attached hydrogen (secondary N) is 1. The number of rotatable bonds is 5. The largest absolute Gasteiger partial charge is 0.496 e. The summed E-state index contributed by atoms with van der Waals surface area (Å²) in [4.78, 5) is 4.78. The lowest BCUT2D eigenvalue weighted by molar-refractivity contribution is 0.313. The molecule has 2 aromatic carbocycles. The number of hydrogen-bond donors (Lipinski definition) is 1. The van der Waals surface area contributed by atoms with E-state index in [-0.39, 0.29) is 4.90 Å². The number of anilines is 2. The van der Waals surface area contributed by atoms with E-state index in [2.05, 4.69) is 37.5 Å². The van der Waals surface area contributed by atoms with Crippen molar-refractivity contribution < 1.29 is 13.2 Å². The van der Waals surface area contributed by atoms with Crippen LogP contribution in [-0.4, -0.2) is 53.7 Å². The van der Waals surface area contributed by atoms with Gasteiger partial charge >= 0.3 is 0 Å². The lowest BCUT2D eigenvalue weighted by atomic mass is 10.2. The van der Waals surface area contributed by atoms with Crippen LogP contribution >= 0.6 is 15.9 Å². The fraction of sp³-hybridized carbons (Fsp3) is 0.333. The van der Waals surface area contributed by atoms with Crippen molar-refractivity contribution in [3.05, 3.63) is 46.9 Å². The van der Waals surface area contributed by atoms with E-state index in [1.54, 1.807) is 18.2 Å². The molecule has 140 valence electrons. The Labute approximate surface area is 162 Å². The van der Waals surface area contributed by atoms with Gasteiger partial charge in [0.25, 0.3) is 10.0 Å². The summed E-state index contributed by atoms with van der Waals surface area (Å²) >= 11 is 3.32. The molecule has 6 nitrogen and oxygen atoms in total. The normalized spacial score (nSPS) is 15.7. The number of methoxy groups -OCH3 is 1. The predicted octanol–water partition coefficient (Wildman–Crippen LogP) is 3.01. The lowest BCUT2D eigenvalue weighted by Crippen LogP contribution is -2.44. The lowest BCUT2D eigenvalue weighted by Gasteiger charge is -2.34. The number of piperazine rings is 1. The maximum Gasteiger partial charge on any atom is 0.261 e. The summed E-state index contributed by atoms with van der Waals surface area (Å²) in [5, 5.41) is 0. The molecule has 1 aliphatic heterocycles. The minimum atomic E-state index is -3.66. The fourth-order valence-electron chi connectivity index (χ4n) is 2.83. The third-order valence-electron chi connectivity index (χ3n) is 4.42. The van der Waals surface area contributed by atoms with Gasteiger partial charge in [0.2, 0.25) is 0 Å². The van der Waals surface area contributed by atoms with Crippen molar-refractivity contribution in [2.45, 2.75) is 4.90 Å². The predicted molar refractivity (Wildman–Crippen MR) is 108 cm³/mol. The minimum absolute atomic E-state index is 0.174. The molecule has 0 radical (unpaired) electrons. The van der Waals surface area contributed by atoms with Crippen LogP contribution in [0.4, 0.5) is 11.4 Å². The van der Waals surface area contributed by atoms with Crippen molar-refractivity contribution in [3.63, 3.8) is 0 Å². The van der Waals surface area contributed by atoms with Gasteiger partial charge in [0.1, 0.15) is 5.75 Å². The first-order valence-electron chi connectivity index (χ1n) is 8.29. The molecule has 8 heteroatoms. The van der Waals surface area contributed by atoms with Gasteiger partial charge in [0.05, 0.1) is 16.5 Å². The van der Waals surface area contributed by atoms with Gasteiger partial charge < -0.3 is 14.5 Å². The molecule has 0 aliphatic carbocycles. The monoisotopic (exact) mass is 439 g/mol. The third-order valence-corrected chi connectivity index (χ3v) is 6.42. The molecule has 0 amide bonds. The van der Waals surface area contributed by atoms with E-state index >= 15 is 0 Å². The van der Waals surface area contributed by atoms with E-state index in [1.807, 2.05) is 12.1 Å². The molecule has 1 N–H and O–H groups in total. The van der Waals surface area contributed by atoms with Gasteiger partial charge in [0.15, 0.2) is 0 Å². The zero-order chi connectivity index (χ0) is 18.7. The molecule has 0 atom stereocenters. The van der Waals surface area contributed by atoms with Crippen LogP contribution in [0.1, 0.15) is 0 Å². The molecule has 0 saturated carbocycles. The van der Waals surface area contributed by atoms with Crippen molar-refractivity contribution in [2.24, 2.45) is 0 Å². The van der Waals surface area contributed by atoms with E-state index in [1.165, 1.54) is 19.2 Å². The Balaban J connectivity index is 1.72. The summed E-state index contributed by atoms with van der Waals surface area (Å²) in [7, 11) is -0.00769. The van der Waals surface area contributed by atoms with Crippen LogP contribution in [0.5, 0.6) is 5.75 Å². The van der Waals surface area contributed by atoms with Crippen molar-refractivity contribution in [1.29, 1.82) is 0 Å². The first kappa shape index (κ1) is 19.0. The maximum atomic E-state index is 12.6. The number of hydrogen-bond acceptors (Lipinski definition) is 5. The van der Waals surface area contributed by atoms with Crippen molar-refractivity contribution >= 4 is 37.3 Å². The van der Waals surface area contributed by atoms with Crippen molar-refractivity contribution in [2.75, 3.05) is 50.0 Å². The topological polar surface area (TPSA) is 61.9 Å². The number of nitrogens with zero attached hydrogens (tertiary/aromatic N) is 2. The molecular weight excluding hydrogens is 418 g/mol. The summed E-state index contributed by atoms with van der Waals surface area (Å²) in [5.74, 6) is 0.584. The Hall–Kier alpha value is -1.77. The first-order valence-corrected chi connectivity index (χ1v) is 10.6. The number of likely N-dealkylation sites (N-methyl/N-ethyl adjacent to an activating group) is 1. The molecule has 0 aromatic heterocycles. The van der Waals surface area contributed by atoms with E-state index in [0.717, 1.165) is 31.9 Å². The summed E-state index contributed by atoms with van der Waals surface area (Å²) in [5.41, 5.74) is 1.64.